The van der Waals surface area contributed by atoms with Gasteiger partial charge in [0.05, 0.1) is 6.04 Å². The molecule has 0 aliphatic rings. The van der Waals surface area contributed by atoms with Crippen molar-refractivity contribution in [3.05, 3.63) is 0 Å². The second-order valence-corrected chi connectivity index (χ2v) is 4.39. The summed E-state index contributed by atoms with van der Waals surface area (Å²) >= 11 is 0. The average molecular weight is 318 g/mol. The highest BCUT2D eigenvalue weighted by molar-refractivity contribution is 5.90. The third-order valence-electron chi connectivity index (χ3n) is 2.78. The van der Waals surface area contributed by atoms with E-state index in [9.17, 15) is 19.2 Å². The van der Waals surface area contributed by atoms with E-state index in [1.165, 1.54) is 0 Å². The number of rotatable bonds is 9. The van der Waals surface area contributed by atoms with Crippen molar-refractivity contribution < 1.29 is 19.2 Å². The quantitative estimate of drug-likeness (QED) is 0.117. The number of nitrogens with two attached hydrogens (primary N) is 4. The van der Waals surface area contributed by atoms with Gasteiger partial charge in [0.1, 0.15) is 6.04 Å². The molecule has 0 saturated heterocycles. The van der Waals surface area contributed by atoms with Gasteiger partial charge in [-0.25, -0.2) is 17.5 Å². The molecule has 0 spiro atoms. The Bertz CT molecular complexity index is 416. The van der Waals surface area contributed by atoms with Crippen molar-refractivity contribution in [1.82, 2.24) is 21.6 Å². The molecule has 12 nitrogen and oxygen atoms in total. The Morgan fingerprint density at radius 3 is 1.73 bits per heavy atom. The van der Waals surface area contributed by atoms with Gasteiger partial charge in [-0.2, -0.15) is 0 Å². The van der Waals surface area contributed by atoms with Crippen LogP contribution in [-0.2, 0) is 19.2 Å². The van der Waals surface area contributed by atoms with Gasteiger partial charge in [-0.3, -0.25) is 35.5 Å². The number of hydrogen-bond donors (Lipinski definition) is 8. The normalized spacial score (nSPS) is 12.7. The fourth-order valence-corrected chi connectivity index (χ4v) is 1.49. The van der Waals surface area contributed by atoms with E-state index in [2.05, 4.69) is 5.32 Å². The fourth-order valence-electron chi connectivity index (χ4n) is 1.49. The molecule has 22 heavy (non-hydrogen) atoms. The van der Waals surface area contributed by atoms with Gasteiger partial charge >= 0.3 is 0 Å². The largest absolute Gasteiger partial charge is 0.343 e. The molecule has 0 bridgehead atoms. The second-order valence-electron chi connectivity index (χ2n) is 4.39. The molecule has 0 aromatic carbocycles. The molecule has 0 rings (SSSR count). The highest BCUT2D eigenvalue weighted by atomic mass is 16.2. The third kappa shape index (κ3) is 7.49. The van der Waals surface area contributed by atoms with Gasteiger partial charge in [-0.1, -0.05) is 0 Å². The number of nitrogens with one attached hydrogen (secondary N) is 4. The topological polar surface area (TPSA) is 220 Å². The number of amides is 4. The summed E-state index contributed by atoms with van der Waals surface area (Å²) in [6, 6.07) is -2.07. The maximum Gasteiger partial charge on any atom is 0.256 e. The van der Waals surface area contributed by atoms with Crippen molar-refractivity contribution >= 4 is 23.6 Å². The average Bonchev–Trinajstić information content (AvgIpc) is 2.54. The third-order valence-corrected chi connectivity index (χ3v) is 2.78. The van der Waals surface area contributed by atoms with E-state index in [1.54, 1.807) is 0 Å². The van der Waals surface area contributed by atoms with Crippen molar-refractivity contribution in [2.75, 3.05) is 0 Å². The van der Waals surface area contributed by atoms with E-state index < -0.39 is 35.7 Å². The number of hydrazine groups is 3. The van der Waals surface area contributed by atoms with Gasteiger partial charge in [0.25, 0.3) is 5.91 Å². The summed E-state index contributed by atoms with van der Waals surface area (Å²) in [5.41, 5.74) is 11.3. The smallest absolute Gasteiger partial charge is 0.256 e. The molecule has 12 N–H and O–H groups in total. The number of hydrogen-bond acceptors (Lipinski definition) is 8. The minimum atomic E-state index is -1.05. The monoisotopic (exact) mass is 318 g/mol. The van der Waals surface area contributed by atoms with Crippen molar-refractivity contribution in [3.63, 3.8) is 0 Å². The predicted molar refractivity (Wildman–Crippen MR) is 75.4 cm³/mol. The van der Waals surface area contributed by atoms with Crippen LogP contribution in [0.2, 0.25) is 0 Å². The zero-order valence-corrected chi connectivity index (χ0v) is 11.9. The van der Waals surface area contributed by atoms with E-state index in [0.29, 0.717) is 0 Å². The molecular weight excluding hydrogens is 296 g/mol. The van der Waals surface area contributed by atoms with Crippen LogP contribution < -0.4 is 44.9 Å². The van der Waals surface area contributed by atoms with Crippen molar-refractivity contribution in [2.45, 2.75) is 37.8 Å². The lowest BCUT2D eigenvalue weighted by molar-refractivity contribution is -0.130. The first-order valence-corrected chi connectivity index (χ1v) is 6.41. The Hall–Kier alpha value is -2.28. The first kappa shape index (κ1) is 19.7. The first-order chi connectivity index (χ1) is 10.3. The molecule has 0 fully saturated rings. The van der Waals surface area contributed by atoms with E-state index >= 15 is 0 Å². The molecule has 126 valence electrons. The molecule has 4 amide bonds. The van der Waals surface area contributed by atoms with E-state index in [-0.39, 0.29) is 25.7 Å². The van der Waals surface area contributed by atoms with Gasteiger partial charge in [-0.05, 0) is 12.8 Å². The summed E-state index contributed by atoms with van der Waals surface area (Å²) in [5.74, 6) is 12.5. The minimum absolute atomic E-state index is 0.0200. The van der Waals surface area contributed by atoms with Crippen LogP contribution in [0, 0.1) is 0 Å². The Kier molecular flexibility index (Phi) is 9.36. The molecule has 0 aromatic heterocycles. The molecule has 0 radical (unpaired) electrons. The summed E-state index contributed by atoms with van der Waals surface area (Å²) in [7, 11) is 0. The Morgan fingerprint density at radius 2 is 1.27 bits per heavy atom. The number of carbonyl (C=O) groups is 4. The molecule has 0 heterocycles. The van der Waals surface area contributed by atoms with Crippen LogP contribution in [0.15, 0.2) is 0 Å². The van der Waals surface area contributed by atoms with Crippen molar-refractivity contribution in [1.29, 1.82) is 0 Å². The molecule has 0 aliphatic heterocycles. The van der Waals surface area contributed by atoms with E-state index in [1.807, 2.05) is 16.3 Å². The van der Waals surface area contributed by atoms with Gasteiger partial charge in [-0.15, -0.1) is 0 Å². The van der Waals surface area contributed by atoms with Crippen LogP contribution >= 0.6 is 0 Å². The van der Waals surface area contributed by atoms with Crippen LogP contribution in [0.4, 0.5) is 0 Å². The van der Waals surface area contributed by atoms with Crippen LogP contribution in [0.1, 0.15) is 25.7 Å². The highest BCUT2D eigenvalue weighted by Crippen LogP contribution is 2.00. The maximum atomic E-state index is 11.8. The lowest BCUT2D eigenvalue weighted by Crippen LogP contribution is -2.53. The summed E-state index contributed by atoms with van der Waals surface area (Å²) in [6.45, 7) is 0. The molecule has 0 aliphatic carbocycles. The summed E-state index contributed by atoms with van der Waals surface area (Å²) in [6.07, 6.45) is -0.128. The molecule has 2 atom stereocenters. The van der Waals surface area contributed by atoms with Crippen LogP contribution in [0.25, 0.3) is 0 Å². The molecule has 0 aromatic rings. The Balaban J connectivity index is 4.50. The maximum absolute atomic E-state index is 11.8. The number of carbonyl (C=O) groups excluding carboxylic acids is 4. The summed E-state index contributed by atoms with van der Waals surface area (Å²) < 4.78 is 0. The second kappa shape index (κ2) is 10.4. The zero-order valence-electron chi connectivity index (χ0n) is 11.9. The van der Waals surface area contributed by atoms with Crippen molar-refractivity contribution in [3.8, 4) is 0 Å². The SMILES string of the molecule is NNC(=O)CC[C@H](NC(=O)[C@@H](N)CCC(=O)NN)C(=O)NN. The van der Waals surface area contributed by atoms with E-state index in [0.717, 1.165) is 0 Å². The van der Waals surface area contributed by atoms with Crippen LogP contribution in [0.5, 0.6) is 0 Å². The zero-order chi connectivity index (χ0) is 17.1. The minimum Gasteiger partial charge on any atom is -0.343 e. The first-order valence-electron chi connectivity index (χ1n) is 6.41. The Morgan fingerprint density at radius 1 is 0.773 bits per heavy atom. The predicted octanol–water partition coefficient (Wildman–Crippen LogP) is -4.67. The summed E-state index contributed by atoms with van der Waals surface area (Å²) in [4.78, 5) is 45.4. The van der Waals surface area contributed by atoms with E-state index in [4.69, 9.17) is 23.3 Å². The van der Waals surface area contributed by atoms with Gasteiger partial charge in [0.15, 0.2) is 0 Å². The molecule has 12 heteroatoms. The van der Waals surface area contributed by atoms with Crippen molar-refractivity contribution in [2.24, 2.45) is 23.3 Å². The van der Waals surface area contributed by atoms with Crippen LogP contribution in [-0.4, -0.2) is 35.7 Å². The van der Waals surface area contributed by atoms with Crippen LogP contribution in [0.3, 0.4) is 0 Å². The highest BCUT2D eigenvalue weighted by Gasteiger charge is 2.24. The van der Waals surface area contributed by atoms with Gasteiger partial charge in [0.2, 0.25) is 17.7 Å². The van der Waals surface area contributed by atoms with Gasteiger partial charge < -0.3 is 11.1 Å². The Labute approximate surface area is 126 Å². The lowest BCUT2D eigenvalue weighted by atomic mass is 10.1. The molecule has 0 saturated carbocycles. The fraction of sp³-hybridized carbons (Fsp3) is 0.600. The summed E-state index contributed by atoms with van der Waals surface area (Å²) in [5, 5.41) is 2.35. The molecular formula is C10H22N8O4. The standard InChI is InChI=1S/C10H22N8O4/c11-5(1-3-7(19)16-12)9(21)15-6(10(22)18-14)2-4-8(20)17-13/h5-6H,1-4,11-14H2,(H,15,21)(H,16,19)(H,17,20)(H,18,22)/t5-,6-/m0/s1. The molecule has 0 unspecified atom stereocenters. The lowest BCUT2D eigenvalue weighted by Gasteiger charge is -2.19. The van der Waals surface area contributed by atoms with Gasteiger partial charge in [0, 0.05) is 12.8 Å².